The number of hydrogen-bond donors (Lipinski definition) is 3. The van der Waals surface area contributed by atoms with Gasteiger partial charge >= 0.3 is 5.97 Å². The average Bonchev–Trinajstić information content (AvgIpc) is 2.10. The molecule has 0 radical (unpaired) electrons. The number of halogens is 1. The largest absolute Gasteiger partial charge is 0.505 e. The number of hydrogen-bond acceptors (Lipinski definition) is 3. The molecule has 0 aliphatic carbocycles. The van der Waals surface area contributed by atoms with Gasteiger partial charge < -0.3 is 15.9 Å². The molecule has 0 fully saturated rings. The van der Waals surface area contributed by atoms with Gasteiger partial charge in [-0.2, -0.15) is 0 Å². The quantitative estimate of drug-likeness (QED) is 0.694. The first-order valence-electron chi connectivity index (χ1n) is 4.32. The molecule has 4 nitrogen and oxygen atoms in total. The smallest absolute Gasteiger partial charge is 0.323 e. The van der Waals surface area contributed by atoms with Crippen LogP contribution in [0.15, 0.2) is 18.2 Å². The lowest BCUT2D eigenvalue weighted by Crippen LogP contribution is -2.46. The molecule has 1 aromatic rings. The molecular weight excluding hydrogens is 200 g/mol. The number of carbonyl (C=O) groups is 1. The van der Waals surface area contributed by atoms with Crippen molar-refractivity contribution in [2.24, 2.45) is 5.73 Å². The highest BCUT2D eigenvalue weighted by Gasteiger charge is 2.28. The van der Waals surface area contributed by atoms with E-state index >= 15 is 0 Å². The Bertz CT molecular complexity index is 390. The molecule has 0 aromatic heterocycles. The fraction of sp³-hybridized carbons (Fsp3) is 0.300. The molecule has 0 unspecified atom stereocenters. The summed E-state index contributed by atoms with van der Waals surface area (Å²) in [6.45, 7) is 1.35. The fourth-order valence-electron chi connectivity index (χ4n) is 1.16. The maximum absolute atomic E-state index is 12.9. The topological polar surface area (TPSA) is 83.5 Å². The first-order chi connectivity index (χ1) is 6.83. The summed E-state index contributed by atoms with van der Waals surface area (Å²) < 4.78 is 12.9. The van der Waals surface area contributed by atoms with Crippen LogP contribution >= 0.6 is 0 Å². The summed E-state index contributed by atoms with van der Waals surface area (Å²) in [4.78, 5) is 10.7. The summed E-state index contributed by atoms with van der Waals surface area (Å²) in [7, 11) is 0. The van der Waals surface area contributed by atoms with Crippen LogP contribution in [0.25, 0.3) is 0 Å². The molecule has 0 spiro atoms. The molecular formula is C10H12FNO3. The third-order valence-corrected chi connectivity index (χ3v) is 2.07. The molecule has 15 heavy (non-hydrogen) atoms. The Kier molecular flexibility index (Phi) is 2.95. The van der Waals surface area contributed by atoms with E-state index in [-0.39, 0.29) is 6.42 Å². The van der Waals surface area contributed by atoms with Gasteiger partial charge in [-0.15, -0.1) is 0 Å². The number of aromatic hydroxyl groups is 1. The number of aliphatic carboxylic acids is 1. The van der Waals surface area contributed by atoms with E-state index in [0.29, 0.717) is 5.56 Å². The summed E-state index contributed by atoms with van der Waals surface area (Å²) in [5, 5.41) is 17.7. The predicted molar refractivity (Wildman–Crippen MR) is 52.0 cm³/mol. The number of phenols is 1. The first kappa shape index (κ1) is 11.5. The van der Waals surface area contributed by atoms with Crippen LogP contribution in [0.2, 0.25) is 0 Å². The normalized spacial score (nSPS) is 14.6. The number of phenolic OH excluding ortho intramolecular Hbond substituents is 1. The lowest BCUT2D eigenvalue weighted by Gasteiger charge is -2.18. The van der Waals surface area contributed by atoms with Crippen LogP contribution in [0.1, 0.15) is 12.5 Å². The molecule has 0 heterocycles. The van der Waals surface area contributed by atoms with Crippen molar-refractivity contribution in [3.05, 3.63) is 29.6 Å². The fourth-order valence-corrected chi connectivity index (χ4v) is 1.16. The molecule has 1 atom stereocenters. The van der Waals surface area contributed by atoms with Crippen LogP contribution in [0, 0.1) is 5.82 Å². The third-order valence-electron chi connectivity index (χ3n) is 2.07. The number of carboxylic acids is 1. The molecule has 5 heteroatoms. The van der Waals surface area contributed by atoms with E-state index in [1.165, 1.54) is 19.1 Å². The van der Waals surface area contributed by atoms with Crippen molar-refractivity contribution in [2.75, 3.05) is 0 Å². The van der Waals surface area contributed by atoms with E-state index in [1.54, 1.807) is 0 Å². The lowest BCUT2D eigenvalue weighted by atomic mass is 9.94. The Morgan fingerprint density at radius 3 is 2.67 bits per heavy atom. The second kappa shape index (κ2) is 3.86. The molecule has 0 amide bonds. The van der Waals surface area contributed by atoms with Crippen LogP contribution < -0.4 is 5.73 Å². The zero-order valence-electron chi connectivity index (χ0n) is 8.20. The van der Waals surface area contributed by atoms with Crippen LogP contribution in [0.3, 0.4) is 0 Å². The molecule has 0 bridgehead atoms. The Morgan fingerprint density at radius 2 is 2.20 bits per heavy atom. The highest BCUT2D eigenvalue weighted by Crippen LogP contribution is 2.19. The zero-order chi connectivity index (χ0) is 11.6. The molecule has 1 rings (SSSR count). The van der Waals surface area contributed by atoms with Gasteiger partial charge in [0.2, 0.25) is 0 Å². The van der Waals surface area contributed by atoms with Gasteiger partial charge in [0.25, 0.3) is 0 Å². The minimum absolute atomic E-state index is 0.000463. The molecule has 1 aromatic carbocycles. The third kappa shape index (κ3) is 2.66. The standard InChI is InChI=1S/C10H12FNO3/c1-10(12,9(14)15)5-6-2-3-8(13)7(11)4-6/h2-4,13H,5,12H2,1H3,(H,14,15)/t10-/m0/s1/i11-1. The van der Waals surface area contributed by atoms with Crippen molar-refractivity contribution in [1.29, 1.82) is 0 Å². The van der Waals surface area contributed by atoms with Crippen LogP contribution in [0.5, 0.6) is 5.75 Å². The molecule has 0 saturated carbocycles. The van der Waals surface area contributed by atoms with Gasteiger partial charge in [-0.05, 0) is 24.6 Å². The van der Waals surface area contributed by atoms with Gasteiger partial charge in [0.05, 0.1) is 0 Å². The predicted octanol–water partition coefficient (Wildman–Crippen LogP) is 0.876. The highest BCUT2D eigenvalue weighted by atomic mass is 18.2. The first-order valence-corrected chi connectivity index (χ1v) is 4.32. The zero-order valence-corrected chi connectivity index (χ0v) is 8.20. The molecule has 0 saturated heterocycles. The Balaban J connectivity index is 2.91. The minimum Gasteiger partial charge on any atom is -0.505 e. The van der Waals surface area contributed by atoms with Crippen molar-refractivity contribution in [2.45, 2.75) is 18.9 Å². The summed E-state index contributed by atoms with van der Waals surface area (Å²) in [6, 6.07) is 3.68. The van der Waals surface area contributed by atoms with E-state index in [0.717, 1.165) is 6.07 Å². The van der Waals surface area contributed by atoms with Crippen molar-refractivity contribution < 1.29 is 19.4 Å². The van der Waals surface area contributed by atoms with Crippen LogP contribution in [0.4, 0.5) is 4.39 Å². The van der Waals surface area contributed by atoms with Gasteiger partial charge in [-0.3, -0.25) is 4.79 Å². The Hall–Kier alpha value is -1.62. The molecule has 0 aliphatic rings. The molecule has 82 valence electrons. The SMILES string of the molecule is C[C@](N)(Cc1ccc(O)c([18F])c1)C(=O)O. The van der Waals surface area contributed by atoms with Crippen molar-refractivity contribution in [3.8, 4) is 5.75 Å². The van der Waals surface area contributed by atoms with E-state index < -0.39 is 23.1 Å². The Morgan fingerprint density at radius 1 is 1.60 bits per heavy atom. The number of carboxylic acid groups (broad SMARTS) is 1. The summed E-state index contributed by atoms with van der Waals surface area (Å²) >= 11 is 0. The maximum atomic E-state index is 12.9. The van der Waals surface area contributed by atoms with E-state index in [1.807, 2.05) is 0 Å². The van der Waals surface area contributed by atoms with E-state index in [4.69, 9.17) is 15.9 Å². The highest BCUT2D eigenvalue weighted by molar-refractivity contribution is 5.78. The average molecular weight is 212 g/mol. The number of benzene rings is 1. The van der Waals surface area contributed by atoms with Crippen molar-refractivity contribution in [1.82, 2.24) is 0 Å². The second-order valence-electron chi connectivity index (χ2n) is 3.69. The van der Waals surface area contributed by atoms with Gasteiger partial charge in [-0.1, -0.05) is 6.07 Å². The van der Waals surface area contributed by atoms with Gasteiger partial charge in [0.15, 0.2) is 11.6 Å². The lowest BCUT2D eigenvalue weighted by molar-refractivity contribution is -0.142. The number of nitrogens with two attached hydrogens (primary N) is 1. The van der Waals surface area contributed by atoms with Crippen molar-refractivity contribution in [3.63, 3.8) is 0 Å². The minimum atomic E-state index is -1.44. The summed E-state index contributed by atoms with van der Waals surface area (Å²) in [6.07, 6.45) is -0.000463. The monoisotopic (exact) mass is 212 g/mol. The van der Waals surface area contributed by atoms with Gasteiger partial charge in [-0.25, -0.2) is 4.39 Å². The molecule has 4 N–H and O–H groups in total. The molecule has 0 aliphatic heterocycles. The van der Waals surface area contributed by atoms with E-state index in [2.05, 4.69) is 0 Å². The van der Waals surface area contributed by atoms with E-state index in [9.17, 15) is 9.18 Å². The van der Waals surface area contributed by atoms with Crippen molar-refractivity contribution >= 4 is 5.97 Å². The summed E-state index contributed by atoms with van der Waals surface area (Å²) in [5.74, 6) is -2.41. The van der Waals surface area contributed by atoms with Crippen LogP contribution in [-0.2, 0) is 11.2 Å². The van der Waals surface area contributed by atoms with Crippen LogP contribution in [-0.4, -0.2) is 21.7 Å². The Labute approximate surface area is 86.1 Å². The second-order valence-corrected chi connectivity index (χ2v) is 3.69. The van der Waals surface area contributed by atoms with Gasteiger partial charge in [0.1, 0.15) is 5.54 Å². The maximum Gasteiger partial charge on any atom is 0.323 e. The summed E-state index contributed by atoms with van der Waals surface area (Å²) in [5.41, 5.74) is 4.48. The van der Waals surface area contributed by atoms with Gasteiger partial charge in [0, 0.05) is 6.42 Å². The number of rotatable bonds is 3.